The zero-order valence-electron chi connectivity index (χ0n) is 9.22. The number of carbonyl (C=O) groups excluding carboxylic acids is 2. The fraction of sp³-hybridized carbons (Fsp3) is 0.500. The van der Waals surface area contributed by atoms with Crippen LogP contribution in [-0.4, -0.2) is 11.6 Å². The van der Waals surface area contributed by atoms with Crippen molar-refractivity contribution in [1.29, 1.82) is 0 Å². The Hall–Kier alpha value is -1.18. The highest BCUT2D eigenvalue weighted by atomic mass is 16.1. The molecule has 0 unspecified atom stereocenters. The maximum atomic E-state index is 11.2. The minimum absolute atomic E-state index is 0.0481. The molecule has 0 spiro atoms. The number of rotatable bonds is 6. The van der Waals surface area contributed by atoms with Crippen molar-refractivity contribution in [2.75, 3.05) is 0 Å². The van der Waals surface area contributed by atoms with Gasteiger partial charge in [0, 0.05) is 19.3 Å². The van der Waals surface area contributed by atoms with Crippen LogP contribution in [0.15, 0.2) is 23.8 Å². The molecule has 0 amide bonds. The summed E-state index contributed by atoms with van der Waals surface area (Å²) in [5.41, 5.74) is 1.57. The molecular formula is C12H18O2. The highest BCUT2D eigenvalue weighted by Gasteiger charge is 2.06. The molecule has 78 valence electrons. The van der Waals surface area contributed by atoms with E-state index in [4.69, 9.17) is 0 Å². The zero-order chi connectivity index (χ0) is 11.1. The van der Waals surface area contributed by atoms with E-state index in [2.05, 4.69) is 6.58 Å². The summed E-state index contributed by atoms with van der Waals surface area (Å²) in [6, 6.07) is 0. The topological polar surface area (TPSA) is 34.1 Å². The van der Waals surface area contributed by atoms with E-state index in [1.165, 1.54) is 6.08 Å². The first-order chi connectivity index (χ1) is 6.51. The second-order valence-corrected chi connectivity index (χ2v) is 3.34. The van der Waals surface area contributed by atoms with Gasteiger partial charge in [-0.25, -0.2) is 0 Å². The Morgan fingerprint density at radius 2 is 1.79 bits per heavy atom. The highest BCUT2D eigenvalue weighted by molar-refractivity contribution is 5.92. The van der Waals surface area contributed by atoms with Crippen molar-refractivity contribution in [3.63, 3.8) is 0 Å². The molecule has 0 aliphatic carbocycles. The van der Waals surface area contributed by atoms with Crippen LogP contribution in [0.1, 0.15) is 40.0 Å². The smallest absolute Gasteiger partial charge is 0.155 e. The zero-order valence-corrected chi connectivity index (χ0v) is 9.22. The number of hydrogen-bond donors (Lipinski definition) is 0. The van der Waals surface area contributed by atoms with Crippen LogP contribution in [0.2, 0.25) is 0 Å². The third-order valence-electron chi connectivity index (χ3n) is 2.01. The van der Waals surface area contributed by atoms with E-state index in [0.717, 1.165) is 11.1 Å². The third-order valence-corrected chi connectivity index (χ3v) is 2.01. The van der Waals surface area contributed by atoms with Crippen LogP contribution in [0, 0.1) is 0 Å². The van der Waals surface area contributed by atoms with Gasteiger partial charge in [-0.05, 0) is 18.6 Å². The molecule has 0 aromatic heterocycles. The lowest BCUT2D eigenvalue weighted by molar-refractivity contribution is -0.118. The number of carbonyl (C=O) groups is 2. The summed E-state index contributed by atoms with van der Waals surface area (Å²) in [6.45, 7) is 9.20. The Bertz CT molecular complexity index is 272. The maximum Gasteiger partial charge on any atom is 0.155 e. The molecular weight excluding hydrogens is 176 g/mol. The predicted octanol–water partition coefficient (Wildman–Crippen LogP) is 2.84. The number of allylic oxidation sites excluding steroid dienone is 3. The Morgan fingerprint density at radius 1 is 1.21 bits per heavy atom. The molecule has 14 heavy (non-hydrogen) atoms. The van der Waals surface area contributed by atoms with Gasteiger partial charge in [0.25, 0.3) is 0 Å². The first-order valence-corrected chi connectivity index (χ1v) is 4.92. The molecule has 0 saturated heterocycles. The second kappa shape index (κ2) is 6.30. The molecule has 2 nitrogen and oxygen atoms in total. The quantitative estimate of drug-likeness (QED) is 0.481. The van der Waals surface area contributed by atoms with Crippen LogP contribution < -0.4 is 0 Å². The summed E-state index contributed by atoms with van der Waals surface area (Å²) < 4.78 is 0. The second-order valence-electron chi connectivity index (χ2n) is 3.34. The monoisotopic (exact) mass is 194 g/mol. The first-order valence-electron chi connectivity index (χ1n) is 4.92. The number of ketones is 2. The van der Waals surface area contributed by atoms with Crippen molar-refractivity contribution in [3.8, 4) is 0 Å². The Kier molecular flexibility index (Phi) is 5.77. The predicted molar refractivity (Wildman–Crippen MR) is 58.1 cm³/mol. The molecule has 0 bridgehead atoms. The van der Waals surface area contributed by atoms with Crippen LogP contribution in [-0.2, 0) is 9.59 Å². The Balaban J connectivity index is 4.60. The molecule has 0 N–H and O–H groups in total. The van der Waals surface area contributed by atoms with Crippen LogP contribution in [0.5, 0.6) is 0 Å². The van der Waals surface area contributed by atoms with E-state index in [9.17, 15) is 9.59 Å². The summed E-state index contributed by atoms with van der Waals surface area (Å²) in [5.74, 6) is 0.190. The lowest BCUT2D eigenvalue weighted by Gasteiger charge is -2.04. The van der Waals surface area contributed by atoms with Gasteiger partial charge in [-0.3, -0.25) is 9.59 Å². The molecule has 0 radical (unpaired) electrons. The summed E-state index contributed by atoms with van der Waals surface area (Å²) >= 11 is 0. The lowest BCUT2D eigenvalue weighted by Crippen LogP contribution is -2.01. The van der Waals surface area contributed by atoms with Crippen molar-refractivity contribution >= 4 is 11.6 Å². The Labute approximate surface area is 85.7 Å². The summed E-state index contributed by atoms with van der Waals surface area (Å²) in [6.07, 6.45) is 2.84. The highest BCUT2D eigenvalue weighted by Crippen LogP contribution is 2.13. The lowest BCUT2D eigenvalue weighted by atomic mass is 10.00. The van der Waals surface area contributed by atoms with Crippen LogP contribution in [0.3, 0.4) is 0 Å². The minimum atomic E-state index is 0.0481. The minimum Gasteiger partial charge on any atom is -0.299 e. The van der Waals surface area contributed by atoms with Gasteiger partial charge in [-0.1, -0.05) is 26.0 Å². The van der Waals surface area contributed by atoms with E-state index < -0.39 is 0 Å². The maximum absolute atomic E-state index is 11.2. The van der Waals surface area contributed by atoms with Crippen LogP contribution >= 0.6 is 0 Å². The van der Waals surface area contributed by atoms with E-state index in [0.29, 0.717) is 19.3 Å². The standard InChI is InChI=1S/C12H18O2/c1-5-11(13)7-10(9(3)4)8-12(14)6-2/h7H,3,5-6,8H2,1-2,4H3/b10-7-. The van der Waals surface area contributed by atoms with Crippen molar-refractivity contribution in [1.82, 2.24) is 0 Å². The number of hydrogen-bond acceptors (Lipinski definition) is 2. The molecule has 0 saturated carbocycles. The van der Waals surface area contributed by atoms with Gasteiger partial charge < -0.3 is 0 Å². The molecule has 2 heteroatoms. The van der Waals surface area contributed by atoms with Crippen molar-refractivity contribution in [2.24, 2.45) is 0 Å². The van der Waals surface area contributed by atoms with Crippen molar-refractivity contribution in [3.05, 3.63) is 23.8 Å². The first kappa shape index (κ1) is 12.8. The van der Waals surface area contributed by atoms with E-state index >= 15 is 0 Å². The SMILES string of the molecule is C=C(C)/C(=C\C(=O)CC)CC(=O)CC. The average molecular weight is 194 g/mol. The van der Waals surface area contributed by atoms with Crippen molar-refractivity contribution in [2.45, 2.75) is 40.0 Å². The summed E-state index contributed by atoms with van der Waals surface area (Å²) in [5, 5.41) is 0. The van der Waals surface area contributed by atoms with E-state index in [1.807, 2.05) is 13.8 Å². The number of Topliss-reactive ketones (excluding diaryl/α,β-unsaturated/α-hetero) is 1. The van der Waals surface area contributed by atoms with Gasteiger partial charge in [0.05, 0.1) is 0 Å². The van der Waals surface area contributed by atoms with Gasteiger partial charge in [0.1, 0.15) is 5.78 Å². The van der Waals surface area contributed by atoms with Gasteiger partial charge in [-0.15, -0.1) is 0 Å². The van der Waals surface area contributed by atoms with Crippen molar-refractivity contribution < 1.29 is 9.59 Å². The van der Waals surface area contributed by atoms with Gasteiger partial charge in [0.15, 0.2) is 5.78 Å². The molecule has 0 rings (SSSR count). The largest absolute Gasteiger partial charge is 0.299 e. The van der Waals surface area contributed by atoms with Gasteiger partial charge in [0.2, 0.25) is 0 Å². The fourth-order valence-corrected chi connectivity index (χ4v) is 0.959. The molecule has 0 aromatic rings. The third kappa shape index (κ3) is 4.75. The molecule has 0 aliphatic heterocycles. The van der Waals surface area contributed by atoms with E-state index in [-0.39, 0.29) is 11.6 Å². The molecule has 0 fully saturated rings. The summed E-state index contributed by atoms with van der Waals surface area (Å²) in [7, 11) is 0. The molecule has 0 aliphatic rings. The molecule has 0 heterocycles. The van der Waals surface area contributed by atoms with Crippen LogP contribution in [0.25, 0.3) is 0 Å². The normalized spacial score (nSPS) is 11.2. The fourth-order valence-electron chi connectivity index (χ4n) is 0.959. The van der Waals surface area contributed by atoms with Crippen LogP contribution in [0.4, 0.5) is 0 Å². The molecule has 0 atom stereocenters. The van der Waals surface area contributed by atoms with Gasteiger partial charge in [-0.2, -0.15) is 0 Å². The van der Waals surface area contributed by atoms with Gasteiger partial charge >= 0.3 is 0 Å². The summed E-state index contributed by atoms with van der Waals surface area (Å²) in [4.78, 5) is 22.4. The Morgan fingerprint density at radius 3 is 2.14 bits per heavy atom. The molecule has 0 aromatic carbocycles. The average Bonchev–Trinajstić information content (AvgIpc) is 2.16. The van der Waals surface area contributed by atoms with E-state index in [1.54, 1.807) is 6.92 Å².